The fourth-order valence-corrected chi connectivity index (χ4v) is 1.96. The number of aromatic nitrogens is 2. The van der Waals surface area contributed by atoms with Crippen molar-refractivity contribution in [1.29, 1.82) is 0 Å². The maximum Gasteiger partial charge on any atom is 0.0723 e. The fourth-order valence-electron chi connectivity index (χ4n) is 1.96. The van der Waals surface area contributed by atoms with Gasteiger partial charge in [-0.05, 0) is 23.6 Å². The second-order valence-corrected chi connectivity index (χ2v) is 3.50. The zero-order valence-electron chi connectivity index (χ0n) is 8.34. The van der Waals surface area contributed by atoms with Gasteiger partial charge in [0.1, 0.15) is 0 Å². The Morgan fingerprint density at radius 1 is 1.13 bits per heavy atom. The van der Waals surface area contributed by atoms with Crippen LogP contribution < -0.4 is 0 Å². The molecule has 3 rings (SSSR count). The molecule has 0 radical (unpaired) electrons. The quantitative estimate of drug-likeness (QED) is 0.582. The van der Waals surface area contributed by atoms with Gasteiger partial charge in [-0.15, -0.1) is 24.0 Å². The largest absolute Gasteiger partial charge is 0.350 e. The molecule has 0 fully saturated rings. The Hall–Kier alpha value is -1.10. The van der Waals surface area contributed by atoms with E-state index in [0.29, 0.717) is 0 Å². The number of halogens is 1. The molecular weight excluding hydrogens is 299 g/mol. The summed E-state index contributed by atoms with van der Waals surface area (Å²) in [6.07, 6.45) is 3.92. The van der Waals surface area contributed by atoms with Gasteiger partial charge < -0.3 is 4.57 Å². The van der Waals surface area contributed by atoms with Crippen molar-refractivity contribution in [2.45, 2.75) is 0 Å². The monoisotopic (exact) mass is 310 g/mol. The lowest BCUT2D eigenvalue weighted by atomic mass is 10.1. The Kier molecular flexibility index (Phi) is 2.65. The molecule has 2 nitrogen and oxygen atoms in total. The average molecular weight is 310 g/mol. The van der Waals surface area contributed by atoms with E-state index in [1.54, 1.807) is 0 Å². The van der Waals surface area contributed by atoms with Crippen LogP contribution in [0, 0.1) is 0 Å². The Bertz CT molecular complexity index is 613. The molecule has 0 saturated carbocycles. The first kappa shape index (κ1) is 10.4. The third-order valence-corrected chi connectivity index (χ3v) is 2.62. The SMILES string of the molecule is Cn1cccc2ccc3nccc3c21.I. The molecule has 3 heteroatoms. The lowest BCUT2D eigenvalue weighted by Gasteiger charge is -2.05. The smallest absolute Gasteiger partial charge is 0.0723 e. The molecule has 0 amide bonds. The van der Waals surface area contributed by atoms with Crippen molar-refractivity contribution in [3.63, 3.8) is 0 Å². The normalized spacial score (nSPS) is 10.5. The molecular formula is C12H11IN2. The van der Waals surface area contributed by atoms with Crippen molar-refractivity contribution in [3.05, 3.63) is 42.7 Å². The van der Waals surface area contributed by atoms with E-state index in [-0.39, 0.29) is 24.0 Å². The maximum absolute atomic E-state index is 4.30. The second-order valence-electron chi connectivity index (χ2n) is 3.50. The molecule has 0 N–H and O–H groups in total. The Morgan fingerprint density at radius 3 is 2.87 bits per heavy atom. The summed E-state index contributed by atoms with van der Waals surface area (Å²) in [7, 11) is 2.06. The molecule has 15 heavy (non-hydrogen) atoms. The van der Waals surface area contributed by atoms with E-state index < -0.39 is 0 Å². The van der Waals surface area contributed by atoms with Crippen molar-refractivity contribution >= 4 is 45.8 Å². The molecule has 3 aromatic rings. The Labute approximate surface area is 105 Å². The van der Waals surface area contributed by atoms with Gasteiger partial charge in [-0.3, -0.25) is 4.98 Å². The average Bonchev–Trinajstić information content (AvgIpc) is 2.65. The summed E-state index contributed by atoms with van der Waals surface area (Å²) in [4.78, 5) is 4.30. The van der Waals surface area contributed by atoms with Crippen LogP contribution in [0.3, 0.4) is 0 Å². The summed E-state index contributed by atoms with van der Waals surface area (Å²) in [5, 5.41) is 2.49. The highest BCUT2D eigenvalue weighted by Crippen LogP contribution is 2.23. The number of hydrogen-bond donors (Lipinski definition) is 0. The van der Waals surface area contributed by atoms with Crippen molar-refractivity contribution in [2.75, 3.05) is 0 Å². The first-order valence-corrected chi connectivity index (χ1v) is 4.65. The number of aryl methyl sites for hydroxylation is 1. The zero-order valence-corrected chi connectivity index (χ0v) is 10.7. The van der Waals surface area contributed by atoms with Crippen LogP contribution in [0.4, 0.5) is 0 Å². The van der Waals surface area contributed by atoms with Gasteiger partial charge >= 0.3 is 0 Å². The number of benzene rings is 1. The van der Waals surface area contributed by atoms with Crippen LogP contribution in [0.25, 0.3) is 21.8 Å². The standard InChI is InChI=1S/C12H10N2.HI/c1-14-8-2-3-9-4-5-11-10(12(9)14)6-7-13-11;/h2-8H,1H3;1H. The van der Waals surface area contributed by atoms with Gasteiger partial charge in [0.25, 0.3) is 0 Å². The first-order valence-electron chi connectivity index (χ1n) is 4.65. The number of hydrogen-bond acceptors (Lipinski definition) is 1. The summed E-state index contributed by atoms with van der Waals surface area (Å²) in [6.45, 7) is 0. The van der Waals surface area contributed by atoms with Gasteiger partial charge in [-0.1, -0.05) is 12.1 Å². The van der Waals surface area contributed by atoms with E-state index in [0.717, 1.165) is 5.52 Å². The van der Waals surface area contributed by atoms with Gasteiger partial charge in [0, 0.05) is 24.8 Å². The van der Waals surface area contributed by atoms with Crippen LogP contribution in [0.2, 0.25) is 0 Å². The molecule has 0 spiro atoms. The maximum atomic E-state index is 4.30. The highest BCUT2D eigenvalue weighted by Gasteiger charge is 2.02. The highest BCUT2D eigenvalue weighted by atomic mass is 127. The van der Waals surface area contributed by atoms with Crippen LogP contribution in [-0.2, 0) is 7.05 Å². The number of pyridine rings is 1. The Balaban J connectivity index is 0.000000853. The van der Waals surface area contributed by atoms with E-state index in [9.17, 15) is 0 Å². The number of fused-ring (bicyclic) bond motifs is 3. The van der Waals surface area contributed by atoms with Crippen LogP contribution in [0.15, 0.2) is 42.7 Å². The summed E-state index contributed by atoms with van der Waals surface area (Å²) in [5.41, 5.74) is 2.32. The predicted molar refractivity (Wildman–Crippen MR) is 73.6 cm³/mol. The van der Waals surface area contributed by atoms with Crippen LogP contribution >= 0.6 is 24.0 Å². The summed E-state index contributed by atoms with van der Waals surface area (Å²) < 4.78 is 2.14. The van der Waals surface area contributed by atoms with Crippen molar-refractivity contribution in [1.82, 2.24) is 9.55 Å². The summed E-state index contributed by atoms with van der Waals surface area (Å²) in [5.74, 6) is 0. The highest BCUT2D eigenvalue weighted by molar-refractivity contribution is 14.0. The minimum Gasteiger partial charge on any atom is -0.350 e. The second kappa shape index (κ2) is 3.81. The van der Waals surface area contributed by atoms with Crippen molar-refractivity contribution < 1.29 is 0 Å². The van der Waals surface area contributed by atoms with E-state index in [4.69, 9.17) is 0 Å². The summed E-state index contributed by atoms with van der Waals surface area (Å²) in [6, 6.07) is 10.4. The Morgan fingerprint density at radius 2 is 2.00 bits per heavy atom. The minimum absolute atomic E-state index is 0. The van der Waals surface area contributed by atoms with E-state index in [1.807, 2.05) is 6.20 Å². The first-order chi connectivity index (χ1) is 6.86. The number of rotatable bonds is 0. The van der Waals surface area contributed by atoms with Crippen LogP contribution in [-0.4, -0.2) is 9.55 Å². The molecule has 1 aromatic carbocycles. The zero-order chi connectivity index (χ0) is 9.54. The topological polar surface area (TPSA) is 17.8 Å². The molecule has 0 aliphatic carbocycles. The molecule has 0 aliphatic rings. The molecule has 2 heterocycles. The van der Waals surface area contributed by atoms with E-state index >= 15 is 0 Å². The van der Waals surface area contributed by atoms with Crippen molar-refractivity contribution in [3.8, 4) is 0 Å². The molecule has 0 bridgehead atoms. The van der Waals surface area contributed by atoms with Gasteiger partial charge in [-0.2, -0.15) is 0 Å². The van der Waals surface area contributed by atoms with Crippen LogP contribution in [0.5, 0.6) is 0 Å². The van der Waals surface area contributed by atoms with Gasteiger partial charge in [0.15, 0.2) is 0 Å². The fraction of sp³-hybridized carbons (Fsp3) is 0.0833. The van der Waals surface area contributed by atoms with Gasteiger partial charge in [0.05, 0.1) is 11.0 Å². The lowest BCUT2D eigenvalue weighted by Crippen LogP contribution is -1.91. The van der Waals surface area contributed by atoms with E-state index in [2.05, 4.69) is 53.1 Å². The van der Waals surface area contributed by atoms with Crippen molar-refractivity contribution in [2.24, 2.45) is 7.05 Å². The third-order valence-electron chi connectivity index (χ3n) is 2.62. The minimum atomic E-state index is 0. The molecule has 0 unspecified atom stereocenters. The van der Waals surface area contributed by atoms with Gasteiger partial charge in [0.2, 0.25) is 0 Å². The molecule has 0 saturated heterocycles. The summed E-state index contributed by atoms with van der Waals surface area (Å²) >= 11 is 0. The lowest BCUT2D eigenvalue weighted by molar-refractivity contribution is 0.958. The predicted octanol–water partition coefficient (Wildman–Crippen LogP) is 3.34. The van der Waals surface area contributed by atoms with E-state index in [1.165, 1.54) is 16.3 Å². The van der Waals surface area contributed by atoms with Gasteiger partial charge in [-0.25, -0.2) is 0 Å². The third kappa shape index (κ3) is 1.51. The van der Waals surface area contributed by atoms with Crippen LogP contribution in [0.1, 0.15) is 0 Å². The molecule has 0 atom stereocenters. The molecule has 0 aliphatic heterocycles. The molecule has 76 valence electrons. The molecule has 2 aromatic heterocycles. The number of nitrogens with zero attached hydrogens (tertiary/aromatic N) is 2.